The van der Waals surface area contributed by atoms with Gasteiger partial charge in [0.15, 0.2) is 0 Å². The van der Waals surface area contributed by atoms with Crippen LogP contribution in [0.5, 0.6) is 0 Å². The third-order valence-electron chi connectivity index (χ3n) is 3.32. The van der Waals surface area contributed by atoms with Gasteiger partial charge < -0.3 is 4.42 Å². The maximum Gasteiger partial charge on any atom is 0.208 e. The predicted octanol–water partition coefficient (Wildman–Crippen LogP) is 3.95. The van der Waals surface area contributed by atoms with Crippen LogP contribution in [0.2, 0.25) is 0 Å². The summed E-state index contributed by atoms with van der Waals surface area (Å²) in [4.78, 5) is 6.57. The van der Waals surface area contributed by atoms with Gasteiger partial charge in [-0.15, -0.1) is 0 Å². The Morgan fingerprint density at radius 1 is 1.26 bits per heavy atom. The number of benzene rings is 1. The van der Waals surface area contributed by atoms with Gasteiger partial charge in [-0.25, -0.2) is 4.98 Å². The molecular weight excluding hydrogens is 304 g/mol. The van der Waals surface area contributed by atoms with Crippen LogP contribution in [0.1, 0.15) is 36.0 Å². The number of rotatable bonds is 5. The lowest BCUT2D eigenvalue weighted by molar-refractivity contribution is 0.277. The summed E-state index contributed by atoms with van der Waals surface area (Å²) in [6.45, 7) is 1.65. The van der Waals surface area contributed by atoms with Gasteiger partial charge >= 0.3 is 0 Å². The van der Waals surface area contributed by atoms with Crippen molar-refractivity contribution in [1.29, 1.82) is 0 Å². The zero-order valence-electron chi connectivity index (χ0n) is 11.0. The Hall–Kier alpha value is -1.13. The zero-order chi connectivity index (χ0) is 13.2. The standard InChI is InChI=1S/C15H17BrN2O/c1-18(9-11-2-6-13(16)7-3-11)10-15-17-8-14(19-15)12-4-5-12/h2-3,6-8,12H,4-5,9-10H2,1H3. The highest BCUT2D eigenvalue weighted by Crippen LogP contribution is 2.40. The summed E-state index contributed by atoms with van der Waals surface area (Å²) < 4.78 is 6.89. The van der Waals surface area contributed by atoms with Crippen molar-refractivity contribution in [2.24, 2.45) is 0 Å². The minimum atomic E-state index is 0.637. The Balaban J connectivity index is 1.57. The van der Waals surface area contributed by atoms with Crippen LogP contribution < -0.4 is 0 Å². The van der Waals surface area contributed by atoms with Gasteiger partial charge in [-0.2, -0.15) is 0 Å². The van der Waals surface area contributed by atoms with E-state index in [2.05, 4.69) is 57.1 Å². The molecule has 0 N–H and O–H groups in total. The molecule has 1 aliphatic rings. The van der Waals surface area contributed by atoms with E-state index in [1.54, 1.807) is 0 Å². The monoisotopic (exact) mass is 320 g/mol. The van der Waals surface area contributed by atoms with Crippen LogP contribution in [0.15, 0.2) is 39.4 Å². The van der Waals surface area contributed by atoms with Crippen molar-refractivity contribution in [1.82, 2.24) is 9.88 Å². The molecule has 1 aliphatic carbocycles. The Morgan fingerprint density at radius 3 is 2.68 bits per heavy atom. The number of hydrogen-bond donors (Lipinski definition) is 0. The first-order valence-corrected chi connectivity index (χ1v) is 7.37. The van der Waals surface area contributed by atoms with E-state index in [1.807, 2.05) is 6.20 Å². The quantitative estimate of drug-likeness (QED) is 0.835. The smallest absolute Gasteiger partial charge is 0.208 e. The van der Waals surface area contributed by atoms with Crippen molar-refractivity contribution in [2.45, 2.75) is 31.8 Å². The first kappa shape index (κ1) is 12.9. The zero-order valence-corrected chi connectivity index (χ0v) is 12.6. The molecule has 1 aromatic heterocycles. The molecule has 1 aromatic carbocycles. The summed E-state index contributed by atoms with van der Waals surface area (Å²) in [5, 5.41) is 0. The number of oxazole rings is 1. The molecule has 1 saturated carbocycles. The highest BCUT2D eigenvalue weighted by Gasteiger charge is 2.27. The minimum Gasteiger partial charge on any atom is -0.444 e. The molecule has 0 bridgehead atoms. The van der Waals surface area contributed by atoms with E-state index in [0.29, 0.717) is 5.92 Å². The van der Waals surface area contributed by atoms with E-state index in [-0.39, 0.29) is 0 Å². The van der Waals surface area contributed by atoms with E-state index in [9.17, 15) is 0 Å². The molecule has 0 spiro atoms. The third kappa shape index (κ3) is 3.45. The van der Waals surface area contributed by atoms with Crippen LogP contribution in [0.4, 0.5) is 0 Å². The van der Waals surface area contributed by atoms with Gasteiger partial charge in [0.05, 0.1) is 12.7 Å². The Kier molecular flexibility index (Phi) is 3.71. The molecule has 1 heterocycles. The lowest BCUT2D eigenvalue weighted by atomic mass is 10.2. The Bertz CT molecular complexity index is 546. The molecule has 0 radical (unpaired) electrons. The molecule has 2 aromatic rings. The summed E-state index contributed by atoms with van der Waals surface area (Å²) >= 11 is 3.45. The summed E-state index contributed by atoms with van der Waals surface area (Å²) in [7, 11) is 2.09. The number of aromatic nitrogens is 1. The summed E-state index contributed by atoms with van der Waals surface area (Å²) in [6.07, 6.45) is 4.40. The van der Waals surface area contributed by atoms with Crippen molar-refractivity contribution >= 4 is 15.9 Å². The number of hydrogen-bond acceptors (Lipinski definition) is 3. The molecule has 1 fully saturated rings. The molecule has 100 valence electrons. The van der Waals surface area contributed by atoms with Gasteiger partial charge in [0.2, 0.25) is 5.89 Å². The minimum absolute atomic E-state index is 0.637. The first-order chi connectivity index (χ1) is 9.20. The maximum atomic E-state index is 5.77. The molecule has 3 nitrogen and oxygen atoms in total. The molecular formula is C15H17BrN2O. The van der Waals surface area contributed by atoms with Crippen molar-refractivity contribution in [3.63, 3.8) is 0 Å². The van der Waals surface area contributed by atoms with E-state index in [0.717, 1.165) is 29.2 Å². The van der Waals surface area contributed by atoms with E-state index in [4.69, 9.17) is 4.42 Å². The molecule has 0 saturated heterocycles. The van der Waals surface area contributed by atoms with Crippen LogP contribution in [0, 0.1) is 0 Å². The molecule has 3 rings (SSSR count). The Labute approximate surface area is 121 Å². The van der Waals surface area contributed by atoms with Crippen LogP contribution >= 0.6 is 15.9 Å². The topological polar surface area (TPSA) is 29.3 Å². The second kappa shape index (κ2) is 5.47. The average molecular weight is 321 g/mol. The van der Waals surface area contributed by atoms with E-state index >= 15 is 0 Å². The molecule has 0 aliphatic heterocycles. The fourth-order valence-corrected chi connectivity index (χ4v) is 2.41. The fraction of sp³-hybridized carbons (Fsp3) is 0.400. The molecule has 0 unspecified atom stereocenters. The highest BCUT2D eigenvalue weighted by molar-refractivity contribution is 9.10. The first-order valence-electron chi connectivity index (χ1n) is 6.58. The van der Waals surface area contributed by atoms with Crippen LogP contribution in [0.25, 0.3) is 0 Å². The van der Waals surface area contributed by atoms with Gasteiger partial charge in [0, 0.05) is 16.9 Å². The third-order valence-corrected chi connectivity index (χ3v) is 3.85. The van der Waals surface area contributed by atoms with E-state index in [1.165, 1.54) is 18.4 Å². The maximum absolute atomic E-state index is 5.77. The lowest BCUT2D eigenvalue weighted by Gasteiger charge is -2.14. The van der Waals surface area contributed by atoms with E-state index < -0.39 is 0 Å². The van der Waals surface area contributed by atoms with Crippen LogP contribution in [-0.2, 0) is 13.1 Å². The van der Waals surface area contributed by atoms with Gasteiger partial charge in [-0.05, 0) is 37.6 Å². The lowest BCUT2D eigenvalue weighted by Crippen LogP contribution is -2.17. The summed E-state index contributed by atoms with van der Waals surface area (Å²) in [5.41, 5.74) is 1.29. The van der Waals surface area contributed by atoms with Gasteiger partial charge in [0.25, 0.3) is 0 Å². The number of halogens is 1. The molecule has 0 atom stereocenters. The highest BCUT2D eigenvalue weighted by atomic mass is 79.9. The Morgan fingerprint density at radius 2 is 2.00 bits per heavy atom. The normalized spacial score (nSPS) is 15.1. The average Bonchev–Trinajstić information content (AvgIpc) is 3.14. The van der Waals surface area contributed by atoms with Crippen molar-refractivity contribution in [2.75, 3.05) is 7.05 Å². The largest absolute Gasteiger partial charge is 0.444 e. The van der Waals surface area contributed by atoms with Crippen LogP contribution in [-0.4, -0.2) is 16.9 Å². The van der Waals surface area contributed by atoms with Gasteiger partial charge in [0.1, 0.15) is 5.76 Å². The second-order valence-electron chi connectivity index (χ2n) is 5.23. The fourth-order valence-electron chi connectivity index (χ4n) is 2.14. The van der Waals surface area contributed by atoms with Crippen molar-refractivity contribution < 1.29 is 4.42 Å². The second-order valence-corrected chi connectivity index (χ2v) is 6.15. The SMILES string of the molecule is CN(Cc1ccc(Br)cc1)Cc1ncc(C2CC2)o1. The summed E-state index contributed by atoms with van der Waals surface area (Å²) in [5.74, 6) is 2.52. The van der Waals surface area contributed by atoms with Crippen molar-refractivity contribution in [3.8, 4) is 0 Å². The molecule has 4 heteroatoms. The number of nitrogens with zero attached hydrogens (tertiary/aromatic N) is 2. The molecule has 19 heavy (non-hydrogen) atoms. The molecule has 0 amide bonds. The summed E-state index contributed by atoms with van der Waals surface area (Å²) in [6, 6.07) is 8.40. The predicted molar refractivity (Wildman–Crippen MR) is 77.8 cm³/mol. The van der Waals surface area contributed by atoms with Gasteiger partial charge in [-0.3, -0.25) is 4.90 Å². The van der Waals surface area contributed by atoms with Gasteiger partial charge in [-0.1, -0.05) is 28.1 Å². The van der Waals surface area contributed by atoms with Crippen molar-refractivity contribution in [3.05, 3.63) is 52.1 Å². The van der Waals surface area contributed by atoms with Crippen LogP contribution in [0.3, 0.4) is 0 Å².